The molecule has 2 fully saturated rings. The smallest absolute Gasteiger partial charge is 0.274 e. The predicted molar refractivity (Wildman–Crippen MR) is 91.9 cm³/mol. The summed E-state index contributed by atoms with van der Waals surface area (Å²) in [5.41, 5.74) is 0.286. The zero-order valence-electron chi connectivity index (χ0n) is 14.7. The molecule has 7 nitrogen and oxygen atoms in total. The maximum absolute atomic E-state index is 12.5. The van der Waals surface area contributed by atoms with Gasteiger partial charge in [0.15, 0.2) is 0 Å². The lowest BCUT2D eigenvalue weighted by Gasteiger charge is -2.46. The van der Waals surface area contributed by atoms with Crippen molar-refractivity contribution in [1.82, 2.24) is 20.2 Å². The summed E-state index contributed by atoms with van der Waals surface area (Å²) < 4.78 is 6.14. The molecule has 0 bridgehead atoms. The molecule has 3 rings (SSSR count). The summed E-state index contributed by atoms with van der Waals surface area (Å²) in [6.45, 7) is 4.42. The Hall–Kier alpha value is -2.02. The van der Waals surface area contributed by atoms with Gasteiger partial charge in [0.25, 0.3) is 5.91 Å². The zero-order valence-corrected chi connectivity index (χ0v) is 14.7. The number of ether oxygens (including phenoxy) is 1. The number of carbonyl (C=O) groups is 2. The first kappa shape index (κ1) is 17.8. The standard InChI is InChI=1S/C18H26N4O3/c1-14(23)20-6-2-15-3-11-25-18(12-15)4-9-22(10-5-18)17(24)16-13-19-7-8-21-16/h7-8,13,15H,2-6,9-12H2,1H3,(H,20,23). The minimum absolute atomic E-state index is 0.0256. The van der Waals surface area contributed by atoms with E-state index in [2.05, 4.69) is 15.3 Å². The van der Waals surface area contributed by atoms with E-state index >= 15 is 0 Å². The first-order valence-corrected chi connectivity index (χ1v) is 9.02. The van der Waals surface area contributed by atoms with Crippen molar-refractivity contribution in [3.8, 4) is 0 Å². The van der Waals surface area contributed by atoms with E-state index in [1.54, 1.807) is 19.3 Å². The summed E-state index contributed by atoms with van der Waals surface area (Å²) in [6.07, 6.45) is 9.39. The molecule has 25 heavy (non-hydrogen) atoms. The van der Waals surface area contributed by atoms with Crippen LogP contribution in [0.4, 0.5) is 0 Å². The molecule has 2 saturated heterocycles. The summed E-state index contributed by atoms with van der Waals surface area (Å²) in [7, 11) is 0. The molecule has 2 aliphatic rings. The highest BCUT2D eigenvalue weighted by Crippen LogP contribution is 2.38. The SMILES string of the molecule is CC(=O)NCCC1CCOC2(CCN(C(=O)c3cnccn3)CC2)C1. The van der Waals surface area contributed by atoms with Gasteiger partial charge in [0.2, 0.25) is 5.91 Å². The molecule has 1 atom stereocenters. The van der Waals surface area contributed by atoms with Crippen LogP contribution in [0.3, 0.4) is 0 Å². The van der Waals surface area contributed by atoms with Crippen LogP contribution in [0.1, 0.15) is 49.5 Å². The Morgan fingerprint density at radius 2 is 2.16 bits per heavy atom. The molecule has 136 valence electrons. The van der Waals surface area contributed by atoms with E-state index in [0.717, 1.165) is 45.3 Å². The minimum Gasteiger partial charge on any atom is -0.375 e. The maximum atomic E-state index is 12.5. The number of likely N-dealkylation sites (tertiary alicyclic amines) is 1. The second-order valence-electron chi connectivity index (χ2n) is 7.04. The van der Waals surface area contributed by atoms with Crippen LogP contribution in [0, 0.1) is 5.92 Å². The average molecular weight is 346 g/mol. The topological polar surface area (TPSA) is 84.4 Å². The van der Waals surface area contributed by atoms with Crippen LogP contribution in [-0.4, -0.2) is 58.5 Å². The van der Waals surface area contributed by atoms with E-state index in [0.29, 0.717) is 24.7 Å². The lowest BCUT2D eigenvalue weighted by atomic mass is 9.78. The zero-order chi connectivity index (χ0) is 17.7. The highest BCUT2D eigenvalue weighted by molar-refractivity contribution is 5.92. The van der Waals surface area contributed by atoms with Gasteiger partial charge < -0.3 is 15.0 Å². The van der Waals surface area contributed by atoms with Gasteiger partial charge in [-0.05, 0) is 38.0 Å². The van der Waals surface area contributed by atoms with Crippen molar-refractivity contribution in [3.05, 3.63) is 24.3 Å². The van der Waals surface area contributed by atoms with Gasteiger partial charge >= 0.3 is 0 Å². The minimum atomic E-state index is -0.113. The summed E-state index contributed by atoms with van der Waals surface area (Å²) >= 11 is 0. The Morgan fingerprint density at radius 3 is 2.84 bits per heavy atom. The van der Waals surface area contributed by atoms with Crippen molar-refractivity contribution in [2.75, 3.05) is 26.2 Å². The fraction of sp³-hybridized carbons (Fsp3) is 0.667. The van der Waals surface area contributed by atoms with E-state index in [-0.39, 0.29) is 17.4 Å². The third kappa shape index (κ3) is 4.54. The summed E-state index contributed by atoms with van der Waals surface area (Å²) in [6, 6.07) is 0. The summed E-state index contributed by atoms with van der Waals surface area (Å²) in [5.74, 6) is 0.543. The monoisotopic (exact) mass is 346 g/mol. The van der Waals surface area contributed by atoms with Crippen molar-refractivity contribution in [2.24, 2.45) is 5.92 Å². The van der Waals surface area contributed by atoms with Crippen molar-refractivity contribution < 1.29 is 14.3 Å². The van der Waals surface area contributed by atoms with Gasteiger partial charge in [0.1, 0.15) is 5.69 Å². The molecule has 1 aromatic heterocycles. The molecule has 0 radical (unpaired) electrons. The molecule has 2 amide bonds. The van der Waals surface area contributed by atoms with E-state index < -0.39 is 0 Å². The number of amides is 2. The second kappa shape index (κ2) is 7.91. The molecule has 7 heteroatoms. The van der Waals surface area contributed by atoms with Gasteiger partial charge in [0, 0.05) is 45.6 Å². The lowest BCUT2D eigenvalue weighted by Crippen LogP contribution is -2.51. The number of hydrogen-bond acceptors (Lipinski definition) is 5. The van der Waals surface area contributed by atoms with Gasteiger partial charge in [-0.3, -0.25) is 14.6 Å². The maximum Gasteiger partial charge on any atom is 0.274 e. The number of hydrogen-bond donors (Lipinski definition) is 1. The van der Waals surface area contributed by atoms with E-state index in [1.165, 1.54) is 6.20 Å². The molecule has 0 saturated carbocycles. The Balaban J connectivity index is 1.52. The van der Waals surface area contributed by atoms with Crippen LogP contribution >= 0.6 is 0 Å². The van der Waals surface area contributed by atoms with E-state index in [1.807, 2.05) is 4.90 Å². The second-order valence-corrected chi connectivity index (χ2v) is 7.04. The number of rotatable bonds is 4. The number of carbonyl (C=O) groups excluding carboxylic acids is 2. The fourth-order valence-electron chi connectivity index (χ4n) is 3.87. The lowest BCUT2D eigenvalue weighted by molar-refractivity contribution is -0.125. The molecule has 2 aliphatic heterocycles. The Bertz CT molecular complexity index is 600. The quantitative estimate of drug-likeness (QED) is 0.891. The third-order valence-electron chi connectivity index (χ3n) is 5.27. The van der Waals surface area contributed by atoms with Crippen molar-refractivity contribution in [2.45, 2.75) is 44.6 Å². The van der Waals surface area contributed by atoms with Crippen LogP contribution in [-0.2, 0) is 9.53 Å². The van der Waals surface area contributed by atoms with Crippen molar-refractivity contribution in [1.29, 1.82) is 0 Å². The van der Waals surface area contributed by atoms with Crippen LogP contribution in [0.2, 0.25) is 0 Å². The van der Waals surface area contributed by atoms with E-state index in [4.69, 9.17) is 4.74 Å². The highest BCUT2D eigenvalue weighted by Gasteiger charge is 2.41. The average Bonchev–Trinajstić information content (AvgIpc) is 2.62. The number of aromatic nitrogens is 2. The first-order valence-electron chi connectivity index (χ1n) is 9.02. The summed E-state index contributed by atoms with van der Waals surface area (Å²) in [5, 5.41) is 2.88. The molecule has 0 aliphatic carbocycles. The third-order valence-corrected chi connectivity index (χ3v) is 5.27. The molecule has 1 N–H and O–H groups in total. The first-order chi connectivity index (χ1) is 12.1. The number of nitrogens with zero attached hydrogens (tertiary/aromatic N) is 3. The fourth-order valence-corrected chi connectivity index (χ4v) is 3.87. The molecule has 1 spiro atoms. The van der Waals surface area contributed by atoms with Gasteiger partial charge in [-0.1, -0.05) is 0 Å². The summed E-state index contributed by atoms with van der Waals surface area (Å²) in [4.78, 5) is 33.4. The van der Waals surface area contributed by atoms with Crippen LogP contribution in [0.15, 0.2) is 18.6 Å². The molecule has 1 aromatic rings. The van der Waals surface area contributed by atoms with Gasteiger partial charge in [-0.2, -0.15) is 0 Å². The van der Waals surface area contributed by atoms with Crippen LogP contribution in [0.25, 0.3) is 0 Å². The van der Waals surface area contributed by atoms with Crippen LogP contribution < -0.4 is 5.32 Å². The molecule has 0 aromatic carbocycles. The van der Waals surface area contributed by atoms with Gasteiger partial charge in [-0.25, -0.2) is 4.98 Å². The van der Waals surface area contributed by atoms with E-state index in [9.17, 15) is 9.59 Å². The number of nitrogens with one attached hydrogen (secondary N) is 1. The largest absolute Gasteiger partial charge is 0.375 e. The predicted octanol–water partition coefficient (Wildman–Crippen LogP) is 1.40. The van der Waals surface area contributed by atoms with Crippen molar-refractivity contribution in [3.63, 3.8) is 0 Å². The van der Waals surface area contributed by atoms with Gasteiger partial charge in [-0.15, -0.1) is 0 Å². The Morgan fingerprint density at radius 1 is 1.36 bits per heavy atom. The Kier molecular flexibility index (Phi) is 5.63. The van der Waals surface area contributed by atoms with Crippen molar-refractivity contribution >= 4 is 11.8 Å². The number of piperidine rings is 1. The molecular formula is C18H26N4O3. The molecule has 1 unspecified atom stereocenters. The molecule has 3 heterocycles. The van der Waals surface area contributed by atoms with Gasteiger partial charge in [0.05, 0.1) is 11.8 Å². The normalized spacial score (nSPS) is 22.6. The van der Waals surface area contributed by atoms with Crippen LogP contribution in [0.5, 0.6) is 0 Å². The molecular weight excluding hydrogens is 320 g/mol. The Labute approximate surface area is 148 Å². The highest BCUT2D eigenvalue weighted by atomic mass is 16.5.